The van der Waals surface area contributed by atoms with Crippen LogP contribution in [0.5, 0.6) is 11.6 Å². The van der Waals surface area contributed by atoms with E-state index in [0.29, 0.717) is 0 Å². The average Bonchev–Trinajstić information content (AvgIpc) is 3.50. The summed E-state index contributed by atoms with van der Waals surface area (Å²) in [4.78, 5) is 25.5. The van der Waals surface area contributed by atoms with Gasteiger partial charge in [0.1, 0.15) is 30.3 Å². The number of nitrogens with one attached hydrogen (secondary N) is 1. The number of benzene rings is 1. The Morgan fingerprint density at radius 1 is 1.22 bits per heavy atom. The van der Waals surface area contributed by atoms with Gasteiger partial charge in [0.2, 0.25) is 5.88 Å². The van der Waals surface area contributed by atoms with Gasteiger partial charge in [-0.25, -0.2) is 23.3 Å². The number of carbonyl (C=O) groups is 1. The first kappa shape index (κ1) is 33.1. The predicted molar refractivity (Wildman–Crippen MR) is 157 cm³/mol. The summed E-state index contributed by atoms with van der Waals surface area (Å²) < 4.78 is 75.2. The standard InChI is InChI=1S/C29H38F2N5O8P/c1-5-40-24-22-23(33-19(3)34-24)36(17-32-22)27-28(4,30)26(38)29(31,43-27)16-41-45(39,44-21-14-10-7-11-15-21)35-18(2)25(37)42-20-12-8-6-9-13-20/h7,10-11,14-15,17-18,20,26-27,38H,5-6,8-9,12-13,16H2,1-4H3,(H,35,39)/t18?,26-,27+,28+,29+,45?/m0/s1. The van der Waals surface area contributed by atoms with Gasteiger partial charge in [0.05, 0.1) is 12.9 Å². The van der Waals surface area contributed by atoms with Gasteiger partial charge in [0.15, 0.2) is 29.2 Å². The Bertz CT molecular complexity index is 1540. The number of halogens is 2. The summed E-state index contributed by atoms with van der Waals surface area (Å²) in [6, 6.07) is 6.68. The van der Waals surface area contributed by atoms with Crippen LogP contribution in [0.4, 0.5) is 8.78 Å². The monoisotopic (exact) mass is 653 g/mol. The van der Waals surface area contributed by atoms with Crippen molar-refractivity contribution in [3.8, 4) is 11.6 Å². The molecule has 6 atom stereocenters. The molecule has 13 nitrogen and oxygen atoms in total. The van der Waals surface area contributed by atoms with Crippen LogP contribution in [0.1, 0.15) is 64.9 Å². The number of aliphatic hydroxyl groups is 1. The number of hydrogen-bond acceptors (Lipinski definition) is 11. The van der Waals surface area contributed by atoms with Gasteiger partial charge in [-0.2, -0.15) is 10.1 Å². The third kappa shape index (κ3) is 7.12. The second-order valence-corrected chi connectivity index (χ2v) is 13.1. The van der Waals surface area contributed by atoms with Crippen molar-refractivity contribution in [3.63, 3.8) is 0 Å². The van der Waals surface area contributed by atoms with E-state index in [1.807, 2.05) is 0 Å². The molecule has 1 saturated heterocycles. The van der Waals surface area contributed by atoms with Gasteiger partial charge in [-0.15, -0.1) is 0 Å². The average molecular weight is 654 g/mol. The molecular formula is C29H38F2N5O8P. The summed E-state index contributed by atoms with van der Waals surface area (Å²) in [5, 5.41) is 13.4. The fourth-order valence-electron chi connectivity index (χ4n) is 5.39. The number of aryl methyl sites for hydroxylation is 1. The lowest BCUT2D eigenvalue weighted by molar-refractivity contribution is -0.202. The molecule has 2 N–H and O–H groups in total. The highest BCUT2D eigenvalue weighted by Crippen LogP contribution is 2.52. The van der Waals surface area contributed by atoms with E-state index in [9.17, 15) is 14.5 Å². The molecule has 3 heterocycles. The van der Waals surface area contributed by atoms with Crippen molar-refractivity contribution in [3.05, 3.63) is 42.5 Å². The molecule has 0 amide bonds. The number of para-hydroxylation sites is 1. The number of ether oxygens (including phenoxy) is 3. The molecule has 0 radical (unpaired) electrons. The van der Waals surface area contributed by atoms with Crippen LogP contribution in [0, 0.1) is 6.92 Å². The van der Waals surface area contributed by atoms with E-state index in [1.54, 1.807) is 32.0 Å². The zero-order chi connectivity index (χ0) is 32.4. The number of imidazole rings is 1. The Morgan fingerprint density at radius 3 is 2.62 bits per heavy atom. The number of alkyl halides is 2. The molecule has 246 valence electrons. The van der Waals surface area contributed by atoms with E-state index in [2.05, 4.69) is 20.0 Å². The maximum Gasteiger partial charge on any atom is 0.459 e. The van der Waals surface area contributed by atoms with E-state index in [4.69, 9.17) is 23.3 Å². The summed E-state index contributed by atoms with van der Waals surface area (Å²) in [6.07, 6.45) is 1.09. The van der Waals surface area contributed by atoms with Crippen LogP contribution in [-0.4, -0.2) is 73.6 Å². The Balaban J connectivity index is 1.37. The highest BCUT2D eigenvalue weighted by molar-refractivity contribution is 7.52. The molecule has 45 heavy (non-hydrogen) atoms. The normalized spacial score (nSPS) is 27.6. The first-order valence-corrected chi connectivity index (χ1v) is 16.4. The van der Waals surface area contributed by atoms with Crippen LogP contribution in [-0.2, 0) is 23.4 Å². The molecule has 2 aliphatic rings. The van der Waals surface area contributed by atoms with Gasteiger partial charge in [-0.1, -0.05) is 24.6 Å². The van der Waals surface area contributed by atoms with Crippen molar-refractivity contribution in [1.29, 1.82) is 0 Å². The highest BCUT2D eigenvalue weighted by Gasteiger charge is 2.65. The number of esters is 1. The first-order valence-electron chi connectivity index (χ1n) is 14.9. The minimum absolute atomic E-state index is 0.0835. The lowest BCUT2D eigenvalue weighted by Crippen LogP contribution is -2.47. The van der Waals surface area contributed by atoms with Crippen LogP contribution >= 0.6 is 7.75 Å². The van der Waals surface area contributed by atoms with Crippen molar-refractivity contribution in [2.45, 2.75) is 95.8 Å². The molecule has 3 aromatic rings. The summed E-state index contributed by atoms with van der Waals surface area (Å²) in [5.41, 5.74) is -2.48. The maximum atomic E-state index is 16.4. The minimum atomic E-state index is -4.57. The van der Waals surface area contributed by atoms with Crippen LogP contribution in [0.25, 0.3) is 11.2 Å². The number of aliphatic hydroxyl groups excluding tert-OH is 1. The molecule has 2 unspecified atom stereocenters. The highest BCUT2D eigenvalue weighted by atomic mass is 31.2. The zero-order valence-electron chi connectivity index (χ0n) is 25.5. The first-order chi connectivity index (χ1) is 21.3. The van der Waals surface area contributed by atoms with Gasteiger partial charge < -0.3 is 23.8 Å². The van der Waals surface area contributed by atoms with Gasteiger partial charge in [-0.05, 0) is 65.5 Å². The van der Waals surface area contributed by atoms with Gasteiger partial charge in [0, 0.05) is 0 Å². The number of carbonyl (C=O) groups excluding carboxylic acids is 1. The molecule has 1 aliphatic heterocycles. The molecule has 1 aromatic carbocycles. The fourth-order valence-corrected chi connectivity index (χ4v) is 6.89. The molecular weight excluding hydrogens is 615 g/mol. The van der Waals surface area contributed by atoms with E-state index in [0.717, 1.165) is 43.6 Å². The molecule has 1 saturated carbocycles. The number of nitrogens with zero attached hydrogens (tertiary/aromatic N) is 4. The number of aromatic nitrogens is 4. The van der Waals surface area contributed by atoms with Crippen molar-refractivity contribution >= 4 is 24.9 Å². The summed E-state index contributed by atoms with van der Waals surface area (Å²) in [7, 11) is -4.57. The predicted octanol–water partition coefficient (Wildman–Crippen LogP) is 4.87. The molecule has 5 rings (SSSR count). The van der Waals surface area contributed by atoms with E-state index in [-0.39, 0.29) is 41.3 Å². The Labute approximate surface area is 259 Å². The second-order valence-electron chi connectivity index (χ2n) is 11.4. The SMILES string of the molecule is CCOc1nc(C)nc2c1ncn2[C@@H]1O[C@](F)(COP(=O)(NC(C)C(=O)OC2CCCCC2)Oc2ccccc2)[C@@H](O)[C@@]1(C)F. The van der Waals surface area contributed by atoms with Crippen molar-refractivity contribution in [2.24, 2.45) is 0 Å². The van der Waals surface area contributed by atoms with Crippen LogP contribution in [0.3, 0.4) is 0 Å². The topological polar surface area (TPSA) is 156 Å². The molecule has 0 spiro atoms. The third-order valence-electron chi connectivity index (χ3n) is 7.71. The molecule has 1 aliphatic carbocycles. The van der Waals surface area contributed by atoms with Gasteiger partial charge >= 0.3 is 13.7 Å². The molecule has 0 bridgehead atoms. The Hall–Kier alpha value is -3.23. The lowest BCUT2D eigenvalue weighted by Gasteiger charge is -2.28. The quantitative estimate of drug-likeness (QED) is 0.202. The van der Waals surface area contributed by atoms with Crippen molar-refractivity contribution < 1.29 is 46.5 Å². The molecule has 2 fully saturated rings. The van der Waals surface area contributed by atoms with Crippen molar-refractivity contribution in [1.82, 2.24) is 24.6 Å². The third-order valence-corrected chi connectivity index (χ3v) is 9.33. The van der Waals surface area contributed by atoms with E-state index >= 15 is 8.78 Å². The largest absolute Gasteiger partial charge is 0.476 e. The zero-order valence-corrected chi connectivity index (χ0v) is 26.4. The Morgan fingerprint density at radius 2 is 1.93 bits per heavy atom. The van der Waals surface area contributed by atoms with Crippen LogP contribution in [0.15, 0.2) is 36.7 Å². The lowest BCUT2D eigenvalue weighted by atomic mass is 9.97. The summed E-state index contributed by atoms with van der Waals surface area (Å²) >= 11 is 0. The molecule has 2 aromatic heterocycles. The van der Waals surface area contributed by atoms with E-state index < -0.39 is 50.2 Å². The Kier molecular flexibility index (Phi) is 9.76. The maximum absolute atomic E-state index is 16.4. The second kappa shape index (κ2) is 13.2. The molecule has 16 heteroatoms. The number of rotatable bonds is 12. The summed E-state index contributed by atoms with van der Waals surface area (Å²) in [5.74, 6) is -3.41. The number of hydrogen-bond donors (Lipinski definition) is 2. The van der Waals surface area contributed by atoms with Crippen LogP contribution < -0.4 is 14.3 Å². The van der Waals surface area contributed by atoms with E-state index in [1.165, 1.54) is 25.4 Å². The van der Waals surface area contributed by atoms with Gasteiger partial charge in [-0.3, -0.25) is 13.9 Å². The van der Waals surface area contributed by atoms with Crippen molar-refractivity contribution in [2.75, 3.05) is 13.2 Å². The fraction of sp³-hybridized carbons (Fsp3) is 0.586. The summed E-state index contributed by atoms with van der Waals surface area (Å²) in [6.45, 7) is 4.74. The van der Waals surface area contributed by atoms with Crippen LogP contribution in [0.2, 0.25) is 0 Å². The smallest absolute Gasteiger partial charge is 0.459 e. The minimum Gasteiger partial charge on any atom is -0.476 e. The van der Waals surface area contributed by atoms with Gasteiger partial charge in [0.25, 0.3) is 5.85 Å². The number of fused-ring (bicyclic) bond motifs is 1.